The highest BCUT2D eigenvalue weighted by atomic mass is 16.5. The van der Waals surface area contributed by atoms with Crippen LogP contribution in [0.5, 0.6) is 0 Å². The maximum atomic E-state index is 11.3. The predicted octanol–water partition coefficient (Wildman–Crippen LogP) is 5.64. The zero-order chi connectivity index (χ0) is 14.5. The van der Waals surface area contributed by atoms with Gasteiger partial charge in [-0.3, -0.25) is 4.79 Å². The van der Waals surface area contributed by atoms with Crippen LogP contribution in [-0.4, -0.2) is 12.6 Å². The van der Waals surface area contributed by atoms with Crippen molar-refractivity contribution in [1.29, 1.82) is 0 Å². The summed E-state index contributed by atoms with van der Waals surface area (Å²) in [5.74, 6) is 0.306. The molecule has 1 saturated carbocycles. The molecule has 0 heterocycles. The van der Waals surface area contributed by atoms with Crippen LogP contribution in [0.1, 0.15) is 96.8 Å². The van der Waals surface area contributed by atoms with Crippen LogP contribution in [0.3, 0.4) is 0 Å². The van der Waals surface area contributed by atoms with Crippen molar-refractivity contribution in [1.82, 2.24) is 0 Å². The second kappa shape index (κ2) is 12.2. The first-order valence-electron chi connectivity index (χ1n) is 9.01. The summed E-state index contributed by atoms with van der Waals surface area (Å²) in [5, 5.41) is 0. The summed E-state index contributed by atoms with van der Waals surface area (Å²) in [6.45, 7) is 2.92. The second-order valence-corrected chi connectivity index (χ2v) is 6.33. The molecule has 1 rings (SSSR count). The summed E-state index contributed by atoms with van der Waals surface area (Å²) in [6.07, 6.45) is 18.3. The van der Waals surface area contributed by atoms with Crippen molar-refractivity contribution < 1.29 is 9.53 Å². The highest BCUT2D eigenvalue weighted by Gasteiger charge is 2.30. The number of esters is 1. The SMILES string of the molecule is CCCCCCCCCCCCCCOC(=O)C1CC1. The number of ether oxygens (including phenoxy) is 1. The normalized spacial score (nSPS) is 14.4. The highest BCUT2D eigenvalue weighted by molar-refractivity contribution is 5.74. The number of hydrogen-bond acceptors (Lipinski definition) is 2. The third-order valence-corrected chi connectivity index (χ3v) is 4.15. The predicted molar refractivity (Wildman–Crippen MR) is 84.8 cm³/mol. The quantitative estimate of drug-likeness (QED) is 0.304. The Bertz CT molecular complexity index is 234. The van der Waals surface area contributed by atoms with E-state index in [4.69, 9.17) is 4.74 Å². The van der Waals surface area contributed by atoms with E-state index in [1.165, 1.54) is 70.6 Å². The van der Waals surface area contributed by atoms with E-state index < -0.39 is 0 Å². The fourth-order valence-electron chi connectivity index (χ4n) is 2.55. The molecule has 0 amide bonds. The number of carbonyl (C=O) groups excluding carboxylic acids is 1. The van der Waals surface area contributed by atoms with Crippen molar-refractivity contribution in [2.24, 2.45) is 5.92 Å². The van der Waals surface area contributed by atoms with Gasteiger partial charge in [0.05, 0.1) is 12.5 Å². The second-order valence-electron chi connectivity index (χ2n) is 6.33. The average molecular weight is 282 g/mol. The molecule has 2 nitrogen and oxygen atoms in total. The molecule has 1 fully saturated rings. The molecule has 0 N–H and O–H groups in total. The van der Waals surface area contributed by atoms with Gasteiger partial charge in [0.2, 0.25) is 0 Å². The van der Waals surface area contributed by atoms with Gasteiger partial charge in [0, 0.05) is 0 Å². The lowest BCUT2D eigenvalue weighted by Gasteiger charge is -2.04. The summed E-state index contributed by atoms with van der Waals surface area (Å²) in [5.41, 5.74) is 0. The molecule has 0 radical (unpaired) electrons. The Morgan fingerprint density at radius 1 is 0.800 bits per heavy atom. The van der Waals surface area contributed by atoms with Gasteiger partial charge in [0.15, 0.2) is 0 Å². The van der Waals surface area contributed by atoms with Gasteiger partial charge in [-0.1, -0.05) is 77.6 Å². The van der Waals surface area contributed by atoms with E-state index in [0.29, 0.717) is 6.61 Å². The summed E-state index contributed by atoms with van der Waals surface area (Å²) in [7, 11) is 0. The van der Waals surface area contributed by atoms with Crippen molar-refractivity contribution in [3.63, 3.8) is 0 Å². The van der Waals surface area contributed by atoms with Crippen LogP contribution in [0.15, 0.2) is 0 Å². The summed E-state index contributed by atoms with van der Waals surface area (Å²) < 4.78 is 5.22. The number of carbonyl (C=O) groups is 1. The smallest absolute Gasteiger partial charge is 0.308 e. The molecular weight excluding hydrogens is 248 g/mol. The Balaban J connectivity index is 1.67. The molecule has 0 aromatic rings. The minimum Gasteiger partial charge on any atom is -0.465 e. The van der Waals surface area contributed by atoms with Gasteiger partial charge in [0.25, 0.3) is 0 Å². The largest absolute Gasteiger partial charge is 0.465 e. The fraction of sp³-hybridized carbons (Fsp3) is 0.944. The number of hydrogen-bond donors (Lipinski definition) is 0. The monoisotopic (exact) mass is 282 g/mol. The topological polar surface area (TPSA) is 26.3 Å². The van der Waals surface area contributed by atoms with Gasteiger partial charge >= 0.3 is 5.97 Å². The first-order valence-corrected chi connectivity index (χ1v) is 9.01. The Kier molecular flexibility index (Phi) is 10.7. The lowest BCUT2D eigenvalue weighted by atomic mass is 10.1. The molecule has 0 saturated heterocycles. The first-order chi connectivity index (χ1) is 9.84. The minimum atomic E-state index is 0.0491. The van der Waals surface area contributed by atoms with Crippen molar-refractivity contribution in [3.8, 4) is 0 Å². The van der Waals surface area contributed by atoms with Crippen molar-refractivity contribution >= 4 is 5.97 Å². The van der Waals surface area contributed by atoms with E-state index in [2.05, 4.69) is 6.92 Å². The maximum absolute atomic E-state index is 11.3. The van der Waals surface area contributed by atoms with Gasteiger partial charge < -0.3 is 4.74 Å². The van der Waals surface area contributed by atoms with Crippen molar-refractivity contribution in [2.45, 2.75) is 96.8 Å². The lowest BCUT2D eigenvalue weighted by molar-refractivity contribution is -0.145. The molecule has 0 aromatic carbocycles. The van der Waals surface area contributed by atoms with Gasteiger partial charge in [-0.25, -0.2) is 0 Å². The molecule has 0 aliphatic heterocycles. The molecule has 0 bridgehead atoms. The van der Waals surface area contributed by atoms with E-state index in [9.17, 15) is 4.79 Å². The van der Waals surface area contributed by atoms with Crippen LogP contribution >= 0.6 is 0 Å². The molecule has 0 unspecified atom stereocenters. The van der Waals surface area contributed by atoms with Crippen LogP contribution in [0, 0.1) is 5.92 Å². The van der Waals surface area contributed by atoms with E-state index in [1.54, 1.807) is 0 Å². The molecule has 1 aliphatic carbocycles. The first kappa shape index (κ1) is 17.5. The zero-order valence-corrected chi connectivity index (χ0v) is 13.5. The number of unbranched alkanes of at least 4 members (excludes halogenated alkanes) is 11. The van der Waals surface area contributed by atoms with Crippen LogP contribution < -0.4 is 0 Å². The highest BCUT2D eigenvalue weighted by Crippen LogP contribution is 2.30. The van der Waals surface area contributed by atoms with Crippen LogP contribution in [0.25, 0.3) is 0 Å². The Morgan fingerprint density at radius 2 is 1.25 bits per heavy atom. The van der Waals surface area contributed by atoms with Crippen LogP contribution in [0.2, 0.25) is 0 Å². The Hall–Kier alpha value is -0.530. The van der Waals surface area contributed by atoms with E-state index in [0.717, 1.165) is 19.3 Å². The third kappa shape index (κ3) is 10.3. The van der Waals surface area contributed by atoms with Gasteiger partial charge in [0.1, 0.15) is 0 Å². The summed E-state index contributed by atoms with van der Waals surface area (Å²) in [4.78, 5) is 11.3. The van der Waals surface area contributed by atoms with E-state index >= 15 is 0 Å². The third-order valence-electron chi connectivity index (χ3n) is 4.15. The van der Waals surface area contributed by atoms with Gasteiger partial charge in [-0.15, -0.1) is 0 Å². The fourth-order valence-corrected chi connectivity index (χ4v) is 2.55. The van der Waals surface area contributed by atoms with E-state index in [-0.39, 0.29) is 11.9 Å². The molecule has 0 atom stereocenters. The zero-order valence-electron chi connectivity index (χ0n) is 13.5. The molecule has 0 aromatic heterocycles. The molecular formula is C18H34O2. The minimum absolute atomic E-state index is 0.0491. The Morgan fingerprint density at radius 3 is 1.70 bits per heavy atom. The average Bonchev–Trinajstić information content (AvgIpc) is 3.28. The van der Waals surface area contributed by atoms with E-state index in [1.807, 2.05) is 0 Å². The van der Waals surface area contributed by atoms with Crippen LogP contribution in [-0.2, 0) is 9.53 Å². The molecule has 20 heavy (non-hydrogen) atoms. The Labute approximate surface area is 125 Å². The molecule has 2 heteroatoms. The molecule has 118 valence electrons. The van der Waals surface area contributed by atoms with Crippen LogP contribution in [0.4, 0.5) is 0 Å². The van der Waals surface area contributed by atoms with Gasteiger partial charge in [-0.2, -0.15) is 0 Å². The van der Waals surface area contributed by atoms with Crippen molar-refractivity contribution in [2.75, 3.05) is 6.61 Å². The van der Waals surface area contributed by atoms with Gasteiger partial charge in [-0.05, 0) is 19.3 Å². The van der Waals surface area contributed by atoms with Crippen molar-refractivity contribution in [3.05, 3.63) is 0 Å². The molecule has 0 spiro atoms. The maximum Gasteiger partial charge on any atom is 0.308 e. The standard InChI is InChI=1S/C18H34O2/c1-2-3-4-5-6-7-8-9-10-11-12-13-16-20-18(19)17-14-15-17/h17H,2-16H2,1H3. The summed E-state index contributed by atoms with van der Waals surface area (Å²) >= 11 is 0. The molecule has 1 aliphatic rings. The number of rotatable bonds is 14. The summed E-state index contributed by atoms with van der Waals surface area (Å²) in [6, 6.07) is 0. The lowest BCUT2D eigenvalue weighted by Crippen LogP contribution is -2.07.